The summed E-state index contributed by atoms with van der Waals surface area (Å²) >= 11 is 0. The van der Waals surface area contributed by atoms with Crippen LogP contribution in [0, 0.1) is 0 Å². The highest BCUT2D eigenvalue weighted by Gasteiger charge is 2.09. The molecule has 1 heterocycles. The van der Waals surface area contributed by atoms with E-state index in [4.69, 9.17) is 4.74 Å². The largest absolute Gasteiger partial charge is 0.487 e. The van der Waals surface area contributed by atoms with Gasteiger partial charge in [-0.15, -0.1) is 0 Å². The van der Waals surface area contributed by atoms with Gasteiger partial charge in [0.15, 0.2) is 0 Å². The van der Waals surface area contributed by atoms with Gasteiger partial charge < -0.3 is 14.9 Å². The van der Waals surface area contributed by atoms with Crippen LogP contribution >= 0.6 is 0 Å². The van der Waals surface area contributed by atoms with E-state index in [0.717, 1.165) is 38.9 Å². The van der Waals surface area contributed by atoms with Gasteiger partial charge in [0.05, 0.1) is 5.52 Å². The third-order valence-electron chi connectivity index (χ3n) is 5.30. The minimum atomic E-state index is 0.174. The molecule has 0 saturated heterocycles. The Hall–Kier alpha value is -4.05. The molecule has 0 aliphatic heterocycles. The molecule has 4 aromatic carbocycles. The van der Waals surface area contributed by atoms with E-state index in [1.54, 1.807) is 0 Å². The second kappa shape index (κ2) is 7.76. The minimum Gasteiger partial charge on any atom is -0.487 e. The van der Waals surface area contributed by atoms with Gasteiger partial charge in [0.25, 0.3) is 0 Å². The Morgan fingerprint density at radius 3 is 2.23 bits per heavy atom. The van der Waals surface area contributed by atoms with Crippen LogP contribution in [-0.2, 0) is 0 Å². The average Bonchev–Trinajstić information content (AvgIpc) is 3.18. The Labute approximate surface area is 174 Å². The van der Waals surface area contributed by atoms with Crippen molar-refractivity contribution in [2.24, 2.45) is 5.16 Å². The maximum absolute atomic E-state index is 9.51. The number of oxime groups is 1. The van der Waals surface area contributed by atoms with E-state index in [2.05, 4.69) is 34.4 Å². The van der Waals surface area contributed by atoms with E-state index in [0.29, 0.717) is 5.71 Å². The Morgan fingerprint density at radius 1 is 0.733 bits per heavy atom. The van der Waals surface area contributed by atoms with E-state index in [-0.39, 0.29) is 6.61 Å². The molecule has 5 aromatic rings. The van der Waals surface area contributed by atoms with Gasteiger partial charge in [-0.2, -0.15) is 0 Å². The van der Waals surface area contributed by atoms with E-state index < -0.39 is 0 Å². The number of para-hydroxylation sites is 1. The van der Waals surface area contributed by atoms with Gasteiger partial charge in [-0.1, -0.05) is 78.0 Å². The summed E-state index contributed by atoms with van der Waals surface area (Å²) in [6, 6.07) is 32.3. The number of aromatic nitrogens is 1. The summed E-state index contributed by atoms with van der Waals surface area (Å²) in [4.78, 5) is 3.41. The second-order valence-corrected chi connectivity index (χ2v) is 7.16. The number of nitrogens with one attached hydrogen (secondary N) is 1. The van der Waals surface area contributed by atoms with Crippen LogP contribution in [0.3, 0.4) is 0 Å². The molecule has 30 heavy (non-hydrogen) atoms. The summed E-state index contributed by atoms with van der Waals surface area (Å²) in [6.07, 6.45) is 0. The highest BCUT2D eigenvalue weighted by Crippen LogP contribution is 2.28. The quantitative estimate of drug-likeness (QED) is 0.211. The SMILES string of the molecule is O/N=C(\COc1ccc2c(c1)[nH]c1ccccc12)c1ccc(-c2ccccc2)cc1. The van der Waals surface area contributed by atoms with E-state index >= 15 is 0 Å². The molecule has 0 amide bonds. The van der Waals surface area contributed by atoms with Gasteiger partial charge in [-0.05, 0) is 29.3 Å². The van der Waals surface area contributed by atoms with Gasteiger partial charge in [0.1, 0.15) is 18.1 Å². The number of aromatic amines is 1. The average molecular weight is 392 g/mol. The fourth-order valence-electron chi connectivity index (χ4n) is 3.73. The summed E-state index contributed by atoms with van der Waals surface area (Å²) < 4.78 is 5.92. The maximum atomic E-state index is 9.51. The van der Waals surface area contributed by atoms with Crippen LogP contribution in [0.15, 0.2) is 102 Å². The van der Waals surface area contributed by atoms with Crippen molar-refractivity contribution in [3.05, 3.63) is 103 Å². The van der Waals surface area contributed by atoms with Crippen LogP contribution in [0.25, 0.3) is 32.9 Å². The van der Waals surface area contributed by atoms with E-state index in [1.165, 1.54) is 5.39 Å². The molecule has 146 valence electrons. The van der Waals surface area contributed by atoms with Gasteiger partial charge in [-0.25, -0.2) is 0 Å². The van der Waals surface area contributed by atoms with Crippen molar-refractivity contribution in [2.75, 3.05) is 6.61 Å². The van der Waals surface area contributed by atoms with Crippen LogP contribution in [-0.4, -0.2) is 22.5 Å². The maximum Gasteiger partial charge on any atom is 0.134 e. The fourth-order valence-corrected chi connectivity index (χ4v) is 3.73. The Morgan fingerprint density at radius 2 is 1.43 bits per heavy atom. The molecule has 0 bridgehead atoms. The molecule has 0 fully saturated rings. The van der Waals surface area contributed by atoms with Crippen molar-refractivity contribution in [2.45, 2.75) is 0 Å². The predicted octanol–water partition coefficient (Wildman–Crippen LogP) is 6.25. The molecule has 0 spiro atoms. The van der Waals surface area contributed by atoms with Crippen molar-refractivity contribution in [1.29, 1.82) is 0 Å². The Kier molecular flexibility index (Phi) is 4.66. The molecule has 0 radical (unpaired) electrons. The molecule has 2 N–H and O–H groups in total. The van der Waals surface area contributed by atoms with Crippen molar-refractivity contribution in [1.82, 2.24) is 4.98 Å². The zero-order valence-electron chi connectivity index (χ0n) is 16.2. The summed E-state index contributed by atoms with van der Waals surface area (Å²) in [7, 11) is 0. The highest BCUT2D eigenvalue weighted by molar-refractivity contribution is 6.07. The molecular weight excluding hydrogens is 372 g/mol. The first-order valence-electron chi connectivity index (χ1n) is 9.82. The topological polar surface area (TPSA) is 57.6 Å². The minimum absolute atomic E-state index is 0.174. The van der Waals surface area contributed by atoms with Gasteiger partial charge in [-0.3, -0.25) is 0 Å². The molecule has 4 nitrogen and oxygen atoms in total. The normalized spacial score (nSPS) is 11.8. The number of fused-ring (bicyclic) bond motifs is 3. The fraction of sp³-hybridized carbons (Fsp3) is 0.0385. The van der Waals surface area contributed by atoms with Crippen molar-refractivity contribution >= 4 is 27.5 Å². The van der Waals surface area contributed by atoms with Gasteiger partial charge in [0.2, 0.25) is 0 Å². The Balaban J connectivity index is 1.34. The highest BCUT2D eigenvalue weighted by atomic mass is 16.5. The smallest absolute Gasteiger partial charge is 0.134 e. The lowest BCUT2D eigenvalue weighted by atomic mass is 10.0. The van der Waals surface area contributed by atoms with Gasteiger partial charge >= 0.3 is 0 Å². The predicted molar refractivity (Wildman–Crippen MR) is 122 cm³/mol. The van der Waals surface area contributed by atoms with Crippen LogP contribution in [0.5, 0.6) is 5.75 Å². The standard InChI is InChI=1S/C26H20N2O2/c29-28-26(20-12-10-19(11-13-20)18-6-2-1-3-7-18)17-30-21-14-15-23-22-8-4-5-9-24(22)27-25(23)16-21/h1-16,27,29H,17H2/b28-26+. The van der Waals surface area contributed by atoms with E-state index in [9.17, 15) is 5.21 Å². The first kappa shape index (κ1) is 18.0. The Bertz CT molecular complexity index is 1340. The van der Waals surface area contributed by atoms with Crippen LogP contribution in [0.4, 0.5) is 0 Å². The molecule has 0 aliphatic carbocycles. The number of rotatable bonds is 5. The molecular formula is C26H20N2O2. The summed E-state index contributed by atoms with van der Waals surface area (Å²) in [5.41, 5.74) is 5.68. The lowest BCUT2D eigenvalue weighted by Crippen LogP contribution is -2.13. The zero-order valence-corrected chi connectivity index (χ0v) is 16.2. The lowest BCUT2D eigenvalue weighted by Gasteiger charge is -2.09. The van der Waals surface area contributed by atoms with Gasteiger partial charge in [0, 0.05) is 27.9 Å². The molecule has 1 aromatic heterocycles. The van der Waals surface area contributed by atoms with E-state index in [1.807, 2.05) is 72.8 Å². The summed E-state index contributed by atoms with van der Waals surface area (Å²) in [6.45, 7) is 0.174. The third-order valence-corrected chi connectivity index (χ3v) is 5.30. The molecule has 5 rings (SSSR count). The number of ether oxygens (including phenoxy) is 1. The number of hydrogen-bond acceptors (Lipinski definition) is 3. The zero-order chi connectivity index (χ0) is 20.3. The first-order valence-corrected chi connectivity index (χ1v) is 9.82. The molecule has 4 heteroatoms. The molecule has 0 atom stereocenters. The third kappa shape index (κ3) is 3.40. The van der Waals surface area contributed by atoms with Crippen LogP contribution < -0.4 is 4.74 Å². The number of hydrogen-bond donors (Lipinski definition) is 2. The first-order chi connectivity index (χ1) is 14.8. The molecule has 0 unspecified atom stereocenters. The number of H-pyrrole nitrogens is 1. The summed E-state index contributed by atoms with van der Waals surface area (Å²) in [5.74, 6) is 0.719. The number of benzene rings is 4. The molecule has 0 aliphatic rings. The van der Waals surface area contributed by atoms with Crippen LogP contribution in [0.2, 0.25) is 0 Å². The van der Waals surface area contributed by atoms with Crippen molar-refractivity contribution in [3.8, 4) is 16.9 Å². The second-order valence-electron chi connectivity index (χ2n) is 7.16. The summed E-state index contributed by atoms with van der Waals surface area (Å²) in [5, 5.41) is 15.3. The monoisotopic (exact) mass is 392 g/mol. The molecule has 0 saturated carbocycles. The number of nitrogens with zero attached hydrogens (tertiary/aromatic N) is 1. The lowest BCUT2D eigenvalue weighted by molar-refractivity contribution is 0.308. The van der Waals surface area contributed by atoms with Crippen molar-refractivity contribution < 1.29 is 9.94 Å². The van der Waals surface area contributed by atoms with Crippen molar-refractivity contribution in [3.63, 3.8) is 0 Å². The van der Waals surface area contributed by atoms with Crippen LogP contribution in [0.1, 0.15) is 5.56 Å².